The van der Waals surface area contributed by atoms with E-state index in [4.69, 9.17) is 14.2 Å². The van der Waals surface area contributed by atoms with Gasteiger partial charge in [0.25, 0.3) is 0 Å². The van der Waals surface area contributed by atoms with Gasteiger partial charge in [-0.3, -0.25) is 9.88 Å². The zero-order valence-corrected chi connectivity index (χ0v) is 17.2. The molecule has 0 saturated carbocycles. The van der Waals surface area contributed by atoms with E-state index in [1.165, 1.54) is 10.5 Å². The molecular weight excluding hydrogens is 394 g/mol. The van der Waals surface area contributed by atoms with E-state index in [0.717, 1.165) is 24.4 Å². The first kappa shape index (κ1) is 20.1. The third kappa shape index (κ3) is 4.53. The number of pyridine rings is 1. The van der Waals surface area contributed by atoms with Crippen LogP contribution in [-0.2, 0) is 21.3 Å². The van der Waals surface area contributed by atoms with Crippen LogP contribution >= 0.6 is 0 Å². The van der Waals surface area contributed by atoms with Crippen molar-refractivity contribution in [2.45, 2.75) is 17.5 Å². The molecule has 9 heteroatoms. The average molecular weight is 420 g/mol. The summed E-state index contributed by atoms with van der Waals surface area (Å²) in [5.41, 5.74) is 0.881. The van der Waals surface area contributed by atoms with Gasteiger partial charge in [-0.25, -0.2) is 8.42 Å². The van der Waals surface area contributed by atoms with Crippen LogP contribution < -0.4 is 9.47 Å². The molecule has 1 aromatic carbocycles. The van der Waals surface area contributed by atoms with Gasteiger partial charge < -0.3 is 14.2 Å². The number of ether oxygens (including phenoxy) is 3. The van der Waals surface area contributed by atoms with Crippen molar-refractivity contribution in [2.24, 2.45) is 0 Å². The fourth-order valence-corrected chi connectivity index (χ4v) is 5.11. The van der Waals surface area contributed by atoms with Gasteiger partial charge in [-0.2, -0.15) is 4.31 Å². The van der Waals surface area contributed by atoms with Crippen LogP contribution in [0, 0.1) is 0 Å². The summed E-state index contributed by atoms with van der Waals surface area (Å²) in [6.07, 6.45) is 2.63. The second kappa shape index (κ2) is 8.66. The lowest BCUT2D eigenvalue weighted by Gasteiger charge is -2.31. The van der Waals surface area contributed by atoms with Crippen LogP contribution in [-0.4, -0.2) is 75.2 Å². The van der Waals surface area contributed by atoms with Crippen LogP contribution in [0.25, 0.3) is 0 Å². The van der Waals surface area contributed by atoms with Crippen molar-refractivity contribution < 1.29 is 22.6 Å². The van der Waals surface area contributed by atoms with Crippen LogP contribution in [0.1, 0.15) is 5.56 Å². The summed E-state index contributed by atoms with van der Waals surface area (Å²) in [6, 6.07) is 9.03. The summed E-state index contributed by atoms with van der Waals surface area (Å²) in [4.78, 5) is 6.37. The lowest BCUT2D eigenvalue weighted by Crippen LogP contribution is -2.46. The summed E-state index contributed by atoms with van der Waals surface area (Å²) in [5.74, 6) is 1.09. The Kier molecular flexibility index (Phi) is 6.00. The van der Waals surface area contributed by atoms with E-state index >= 15 is 0 Å². The first-order valence-electron chi connectivity index (χ1n) is 9.60. The van der Waals surface area contributed by atoms with Crippen LogP contribution in [0.2, 0.25) is 0 Å². The smallest absolute Gasteiger partial charge is 0.248 e. The van der Waals surface area contributed by atoms with E-state index in [2.05, 4.69) is 9.88 Å². The first-order valence-corrected chi connectivity index (χ1v) is 11.0. The van der Waals surface area contributed by atoms with Crippen molar-refractivity contribution in [3.05, 3.63) is 48.3 Å². The molecule has 0 radical (unpaired) electrons. The Balaban J connectivity index is 1.61. The highest BCUT2D eigenvalue weighted by Gasteiger charge is 2.35. The van der Waals surface area contributed by atoms with E-state index in [-0.39, 0.29) is 24.1 Å². The second-order valence-electron chi connectivity index (χ2n) is 7.12. The molecule has 4 rings (SSSR count). The fraction of sp³-hybridized carbons (Fsp3) is 0.450. The number of morpholine rings is 1. The van der Waals surface area contributed by atoms with E-state index in [0.29, 0.717) is 25.5 Å². The van der Waals surface area contributed by atoms with Gasteiger partial charge in [0.2, 0.25) is 10.0 Å². The molecular formula is C20H25N3O5S. The molecule has 2 aromatic rings. The molecule has 1 unspecified atom stereocenters. The van der Waals surface area contributed by atoms with Crippen molar-refractivity contribution >= 4 is 10.0 Å². The molecule has 29 heavy (non-hydrogen) atoms. The zero-order valence-electron chi connectivity index (χ0n) is 16.4. The number of benzene rings is 1. The number of methoxy groups -OCH3 is 1. The molecule has 0 amide bonds. The molecule has 8 nitrogen and oxygen atoms in total. The minimum Gasteiger partial charge on any atom is -0.497 e. The molecule has 0 bridgehead atoms. The van der Waals surface area contributed by atoms with Gasteiger partial charge in [0.1, 0.15) is 22.5 Å². The standard InChI is InChI=1S/C20H25N3O5S/c1-26-17-4-2-16(3-5-17)13-23-15-18(14-22-8-10-27-11-9-22)28-19-6-7-21-12-20(19)29(23,24)25/h2-7,12,18H,8-11,13-15H2,1H3. The molecule has 2 aliphatic rings. The Morgan fingerprint density at radius 1 is 1.17 bits per heavy atom. The van der Waals surface area contributed by atoms with E-state index in [9.17, 15) is 8.42 Å². The largest absolute Gasteiger partial charge is 0.497 e. The SMILES string of the molecule is COc1ccc(CN2CC(CN3CCOCC3)Oc3ccncc3S2(=O)=O)cc1. The average Bonchev–Trinajstić information content (AvgIpc) is 2.84. The number of hydrogen-bond donors (Lipinski definition) is 0. The molecule has 0 aliphatic carbocycles. The van der Waals surface area contributed by atoms with Gasteiger partial charge in [-0.1, -0.05) is 12.1 Å². The zero-order chi connectivity index (χ0) is 20.3. The van der Waals surface area contributed by atoms with E-state index < -0.39 is 10.0 Å². The highest BCUT2D eigenvalue weighted by molar-refractivity contribution is 7.89. The van der Waals surface area contributed by atoms with E-state index in [1.807, 2.05) is 24.3 Å². The lowest BCUT2D eigenvalue weighted by molar-refractivity contribution is 0.0167. The Hall–Kier alpha value is -2.20. The van der Waals surface area contributed by atoms with Gasteiger partial charge in [0, 0.05) is 32.4 Å². The molecule has 2 aliphatic heterocycles. The second-order valence-corrected chi connectivity index (χ2v) is 9.03. The quantitative estimate of drug-likeness (QED) is 0.724. The minimum absolute atomic E-state index is 0.109. The summed E-state index contributed by atoms with van der Waals surface area (Å²) < 4.78 is 44.9. The highest BCUT2D eigenvalue weighted by Crippen LogP contribution is 2.31. The van der Waals surface area contributed by atoms with Crippen LogP contribution in [0.4, 0.5) is 0 Å². The molecule has 1 atom stereocenters. The van der Waals surface area contributed by atoms with Crippen molar-refractivity contribution in [1.82, 2.24) is 14.2 Å². The molecule has 0 spiro atoms. The van der Waals surface area contributed by atoms with Crippen molar-refractivity contribution in [3.8, 4) is 11.5 Å². The third-order valence-electron chi connectivity index (χ3n) is 5.15. The van der Waals surface area contributed by atoms with Crippen molar-refractivity contribution in [3.63, 3.8) is 0 Å². The number of hydrogen-bond acceptors (Lipinski definition) is 7. The Bertz CT molecular complexity index is 929. The van der Waals surface area contributed by atoms with Crippen LogP contribution in [0.15, 0.2) is 47.6 Å². The number of fused-ring (bicyclic) bond motifs is 1. The van der Waals surface area contributed by atoms with Crippen LogP contribution in [0.5, 0.6) is 11.5 Å². The summed E-state index contributed by atoms with van der Waals surface area (Å²) in [6.45, 7) is 4.15. The predicted octanol–water partition coefficient (Wildman–Crippen LogP) is 1.37. The molecule has 3 heterocycles. The molecule has 0 N–H and O–H groups in total. The van der Waals surface area contributed by atoms with E-state index in [1.54, 1.807) is 19.4 Å². The minimum atomic E-state index is -3.74. The number of rotatable bonds is 5. The number of aromatic nitrogens is 1. The molecule has 1 aromatic heterocycles. The Morgan fingerprint density at radius 2 is 1.93 bits per heavy atom. The molecule has 1 saturated heterocycles. The predicted molar refractivity (Wildman–Crippen MR) is 107 cm³/mol. The fourth-order valence-electron chi connectivity index (χ4n) is 3.59. The van der Waals surface area contributed by atoms with Gasteiger partial charge in [0.05, 0.1) is 33.1 Å². The van der Waals surface area contributed by atoms with Crippen molar-refractivity contribution in [2.75, 3.05) is 46.5 Å². The third-order valence-corrected chi connectivity index (χ3v) is 6.97. The van der Waals surface area contributed by atoms with Gasteiger partial charge in [0.15, 0.2) is 0 Å². The number of sulfonamides is 1. The molecule has 156 valence electrons. The normalized spacial score (nSPS) is 22.3. The lowest BCUT2D eigenvalue weighted by atomic mass is 10.2. The van der Waals surface area contributed by atoms with Crippen LogP contribution in [0.3, 0.4) is 0 Å². The first-order chi connectivity index (χ1) is 14.1. The van der Waals surface area contributed by atoms with Gasteiger partial charge >= 0.3 is 0 Å². The Labute approximate surface area is 171 Å². The maximum absolute atomic E-state index is 13.3. The summed E-state index contributed by atoms with van der Waals surface area (Å²) >= 11 is 0. The maximum atomic E-state index is 13.3. The highest BCUT2D eigenvalue weighted by atomic mass is 32.2. The Morgan fingerprint density at radius 3 is 2.66 bits per heavy atom. The van der Waals surface area contributed by atoms with Crippen molar-refractivity contribution in [1.29, 1.82) is 0 Å². The monoisotopic (exact) mass is 419 g/mol. The van der Waals surface area contributed by atoms with Gasteiger partial charge in [-0.15, -0.1) is 0 Å². The maximum Gasteiger partial charge on any atom is 0.248 e. The summed E-state index contributed by atoms with van der Waals surface area (Å²) in [5, 5.41) is 0. The van der Waals surface area contributed by atoms with Gasteiger partial charge in [-0.05, 0) is 23.8 Å². The summed E-state index contributed by atoms with van der Waals surface area (Å²) in [7, 11) is -2.13. The molecule has 1 fully saturated rings. The number of nitrogens with zero attached hydrogens (tertiary/aromatic N) is 3. The topological polar surface area (TPSA) is 81.2 Å².